The third-order valence-corrected chi connectivity index (χ3v) is 5.10. The molecular weight excluding hydrogens is 371 g/mol. The van der Waals surface area contributed by atoms with Gasteiger partial charge in [-0.15, -0.1) is 4.83 Å². The molecule has 0 unspecified atom stereocenters. The van der Waals surface area contributed by atoms with Crippen molar-refractivity contribution < 1.29 is 22.3 Å². The summed E-state index contributed by atoms with van der Waals surface area (Å²) < 4.78 is 42.8. The van der Waals surface area contributed by atoms with Crippen LogP contribution in [0.5, 0.6) is 5.75 Å². The number of nitrogens with one attached hydrogen (secondary N) is 2. The fourth-order valence-corrected chi connectivity index (χ4v) is 3.03. The second kappa shape index (κ2) is 8.06. The average Bonchev–Trinajstić information content (AvgIpc) is 2.61. The number of rotatable bonds is 6. The molecule has 2 aromatic carbocycles. The van der Waals surface area contributed by atoms with Crippen molar-refractivity contribution in [3.05, 3.63) is 59.9 Å². The summed E-state index contributed by atoms with van der Waals surface area (Å²) in [4.78, 5) is 14.1. The summed E-state index contributed by atoms with van der Waals surface area (Å²) in [6, 6.07) is 11.6. The number of sulfonamides is 1. The van der Waals surface area contributed by atoms with Crippen molar-refractivity contribution in [3.8, 4) is 5.75 Å². The average molecular weight is 394 g/mol. The lowest BCUT2D eigenvalue weighted by Crippen LogP contribution is -2.47. The van der Waals surface area contributed by atoms with Crippen LogP contribution in [0, 0.1) is 5.82 Å². The van der Waals surface area contributed by atoms with Crippen LogP contribution in [0.3, 0.4) is 0 Å². The standard InChI is InChI=1S/C19H23FN2O4S/c1-13(26-16-9-7-15(20)8-10-16)18(23)21-22-27(24,25)17-11-5-14(6-12-17)19(2,3)4/h5-13,22H,1-4H3,(H,21,23)/t13-/m0/s1. The van der Waals surface area contributed by atoms with Crippen molar-refractivity contribution in [1.29, 1.82) is 0 Å². The van der Waals surface area contributed by atoms with Gasteiger partial charge in [-0.05, 0) is 54.3 Å². The molecule has 0 saturated heterocycles. The highest BCUT2D eigenvalue weighted by molar-refractivity contribution is 7.89. The Morgan fingerprint density at radius 3 is 2.11 bits per heavy atom. The monoisotopic (exact) mass is 394 g/mol. The van der Waals surface area contributed by atoms with Gasteiger partial charge in [-0.1, -0.05) is 32.9 Å². The lowest BCUT2D eigenvalue weighted by Gasteiger charge is -2.19. The summed E-state index contributed by atoms with van der Waals surface area (Å²) in [5.74, 6) is -0.821. The molecule has 8 heteroatoms. The molecule has 0 fully saturated rings. The van der Waals surface area contributed by atoms with Gasteiger partial charge in [0.25, 0.3) is 15.9 Å². The zero-order valence-electron chi connectivity index (χ0n) is 15.6. The highest BCUT2D eigenvalue weighted by atomic mass is 32.2. The molecule has 0 radical (unpaired) electrons. The van der Waals surface area contributed by atoms with E-state index in [1.165, 1.54) is 43.3 Å². The molecule has 0 saturated carbocycles. The largest absolute Gasteiger partial charge is 0.481 e. The van der Waals surface area contributed by atoms with E-state index in [4.69, 9.17) is 4.74 Å². The first-order chi connectivity index (χ1) is 12.5. The van der Waals surface area contributed by atoms with Gasteiger partial charge in [0.15, 0.2) is 6.10 Å². The second-order valence-corrected chi connectivity index (χ2v) is 8.77. The van der Waals surface area contributed by atoms with E-state index in [0.29, 0.717) is 5.75 Å². The number of hydrogen-bond acceptors (Lipinski definition) is 4. The number of carbonyl (C=O) groups is 1. The predicted molar refractivity (Wildman–Crippen MR) is 100 cm³/mol. The summed E-state index contributed by atoms with van der Waals surface area (Å²) >= 11 is 0. The van der Waals surface area contributed by atoms with E-state index in [1.807, 2.05) is 25.6 Å². The number of hydrazine groups is 1. The zero-order chi connectivity index (χ0) is 20.2. The molecular formula is C19H23FN2O4S. The van der Waals surface area contributed by atoms with Crippen molar-refractivity contribution in [3.63, 3.8) is 0 Å². The second-order valence-electron chi connectivity index (χ2n) is 7.08. The molecule has 2 rings (SSSR count). The van der Waals surface area contributed by atoms with Gasteiger partial charge < -0.3 is 4.74 Å². The van der Waals surface area contributed by atoms with Crippen molar-refractivity contribution in [2.24, 2.45) is 0 Å². The van der Waals surface area contributed by atoms with Gasteiger partial charge in [0.05, 0.1) is 4.90 Å². The van der Waals surface area contributed by atoms with Crippen molar-refractivity contribution >= 4 is 15.9 Å². The summed E-state index contributed by atoms with van der Waals surface area (Å²) in [5, 5.41) is 0. The molecule has 0 aliphatic heterocycles. The van der Waals surface area contributed by atoms with E-state index in [-0.39, 0.29) is 10.3 Å². The van der Waals surface area contributed by atoms with Gasteiger partial charge >= 0.3 is 0 Å². The minimum absolute atomic E-state index is 0.0305. The summed E-state index contributed by atoms with van der Waals surface area (Å²) in [5.41, 5.74) is 3.01. The van der Waals surface area contributed by atoms with Crippen LogP contribution in [0.15, 0.2) is 53.4 Å². The van der Waals surface area contributed by atoms with Gasteiger partial charge in [-0.3, -0.25) is 10.2 Å². The van der Waals surface area contributed by atoms with Crippen LogP contribution >= 0.6 is 0 Å². The summed E-state index contributed by atoms with van der Waals surface area (Å²) in [6.07, 6.45) is -0.985. The maximum atomic E-state index is 12.9. The SMILES string of the molecule is C[C@H](Oc1ccc(F)cc1)C(=O)NNS(=O)(=O)c1ccc(C(C)(C)C)cc1. The fraction of sp³-hybridized carbons (Fsp3) is 0.316. The molecule has 1 atom stereocenters. The lowest BCUT2D eigenvalue weighted by molar-refractivity contribution is -0.127. The number of benzene rings is 2. The summed E-state index contributed by atoms with van der Waals surface area (Å²) in [7, 11) is -3.92. The maximum absolute atomic E-state index is 12.9. The van der Waals surface area contributed by atoms with Gasteiger partial charge in [-0.25, -0.2) is 12.8 Å². The Balaban J connectivity index is 1.97. The minimum Gasteiger partial charge on any atom is -0.481 e. The third kappa shape index (κ3) is 5.77. The van der Waals surface area contributed by atoms with Crippen LogP contribution in [0.25, 0.3) is 0 Å². The molecule has 2 aromatic rings. The molecule has 0 spiro atoms. The van der Waals surface area contributed by atoms with Crippen molar-refractivity contribution in [2.75, 3.05) is 0 Å². The van der Waals surface area contributed by atoms with Crippen LogP contribution in [-0.4, -0.2) is 20.4 Å². The quantitative estimate of drug-likeness (QED) is 0.738. The van der Waals surface area contributed by atoms with Crippen LogP contribution in [-0.2, 0) is 20.2 Å². The maximum Gasteiger partial charge on any atom is 0.275 e. The predicted octanol–water partition coefficient (Wildman–Crippen LogP) is 2.90. The highest BCUT2D eigenvalue weighted by Crippen LogP contribution is 2.23. The van der Waals surface area contributed by atoms with Crippen molar-refractivity contribution in [2.45, 2.75) is 44.1 Å². The van der Waals surface area contributed by atoms with Gasteiger partial charge in [0.1, 0.15) is 11.6 Å². The van der Waals surface area contributed by atoms with E-state index in [2.05, 4.69) is 5.43 Å². The van der Waals surface area contributed by atoms with Gasteiger partial charge in [-0.2, -0.15) is 0 Å². The van der Waals surface area contributed by atoms with Crippen LogP contribution in [0.4, 0.5) is 4.39 Å². The molecule has 0 aromatic heterocycles. The zero-order valence-corrected chi connectivity index (χ0v) is 16.4. The first-order valence-corrected chi connectivity index (χ1v) is 9.82. The Hall–Kier alpha value is -2.45. The molecule has 146 valence electrons. The minimum atomic E-state index is -3.92. The molecule has 0 aliphatic carbocycles. The van der Waals surface area contributed by atoms with Crippen LogP contribution in [0.2, 0.25) is 0 Å². The first-order valence-electron chi connectivity index (χ1n) is 8.33. The smallest absolute Gasteiger partial charge is 0.275 e. The fourth-order valence-electron chi connectivity index (χ4n) is 2.18. The molecule has 1 amide bonds. The Kier molecular flexibility index (Phi) is 6.22. The molecule has 0 heterocycles. The van der Waals surface area contributed by atoms with Crippen molar-refractivity contribution in [1.82, 2.24) is 10.3 Å². The molecule has 27 heavy (non-hydrogen) atoms. The highest BCUT2D eigenvalue weighted by Gasteiger charge is 2.20. The normalized spacial score (nSPS) is 13.1. The van der Waals surface area contributed by atoms with Gasteiger partial charge in [0, 0.05) is 0 Å². The Morgan fingerprint density at radius 1 is 1.04 bits per heavy atom. The molecule has 0 bridgehead atoms. The molecule has 2 N–H and O–H groups in total. The van der Waals surface area contributed by atoms with E-state index < -0.39 is 27.9 Å². The third-order valence-electron chi connectivity index (χ3n) is 3.83. The number of ether oxygens (including phenoxy) is 1. The number of carbonyl (C=O) groups excluding carboxylic acids is 1. The molecule has 6 nitrogen and oxygen atoms in total. The lowest BCUT2D eigenvalue weighted by atomic mass is 9.87. The Morgan fingerprint density at radius 2 is 1.59 bits per heavy atom. The topological polar surface area (TPSA) is 84.5 Å². The van der Waals surface area contributed by atoms with Gasteiger partial charge in [0.2, 0.25) is 0 Å². The van der Waals surface area contributed by atoms with E-state index in [0.717, 1.165) is 5.56 Å². The van der Waals surface area contributed by atoms with E-state index >= 15 is 0 Å². The van der Waals surface area contributed by atoms with Crippen LogP contribution in [0.1, 0.15) is 33.3 Å². The van der Waals surface area contributed by atoms with Crippen LogP contribution < -0.4 is 15.0 Å². The number of halogens is 1. The molecule has 0 aliphatic rings. The Labute approximate surface area is 158 Å². The van der Waals surface area contributed by atoms with E-state index in [9.17, 15) is 17.6 Å². The number of hydrogen-bond donors (Lipinski definition) is 2. The first kappa shape index (κ1) is 20.9. The number of amides is 1. The van der Waals surface area contributed by atoms with E-state index in [1.54, 1.807) is 12.1 Å². The summed E-state index contributed by atoms with van der Waals surface area (Å²) in [6.45, 7) is 7.53. The Bertz CT molecular complexity index is 889.